The summed E-state index contributed by atoms with van der Waals surface area (Å²) in [7, 11) is 0. The highest BCUT2D eigenvalue weighted by Gasteiger charge is 2.33. The molecule has 1 aromatic heterocycles. The summed E-state index contributed by atoms with van der Waals surface area (Å²) in [6, 6.07) is 2.17. The van der Waals surface area contributed by atoms with E-state index in [1.54, 1.807) is 18.5 Å². The average molecular weight is 261 g/mol. The lowest BCUT2D eigenvalue weighted by atomic mass is 10.1. The fourth-order valence-electron chi connectivity index (χ4n) is 2.95. The minimum absolute atomic E-state index is 0.0350. The summed E-state index contributed by atoms with van der Waals surface area (Å²) < 4.78 is 5.70. The molecule has 1 saturated heterocycles. The number of hydrogen-bond donors (Lipinski definition) is 0. The van der Waals surface area contributed by atoms with E-state index in [1.807, 2.05) is 4.90 Å². The Balaban J connectivity index is 1.53. The first-order valence-electron chi connectivity index (χ1n) is 7.05. The van der Waals surface area contributed by atoms with Crippen LogP contribution in [0.15, 0.2) is 18.5 Å². The number of carbonyl (C=O) groups is 1. The van der Waals surface area contributed by atoms with Crippen molar-refractivity contribution >= 4 is 5.91 Å². The molecule has 102 valence electrons. The molecule has 0 bridgehead atoms. The molecule has 5 heteroatoms. The summed E-state index contributed by atoms with van der Waals surface area (Å²) in [6.45, 7) is 1.47. The lowest BCUT2D eigenvalue weighted by Crippen LogP contribution is -2.35. The van der Waals surface area contributed by atoms with Gasteiger partial charge in [0, 0.05) is 31.3 Å². The van der Waals surface area contributed by atoms with Crippen LogP contribution < -0.4 is 4.74 Å². The predicted molar refractivity (Wildman–Crippen MR) is 69.6 cm³/mol. The van der Waals surface area contributed by atoms with E-state index in [-0.39, 0.29) is 12.0 Å². The zero-order valence-electron chi connectivity index (χ0n) is 11.0. The minimum Gasteiger partial charge on any atom is -0.458 e. The van der Waals surface area contributed by atoms with E-state index in [0.29, 0.717) is 18.5 Å². The van der Waals surface area contributed by atoms with Crippen LogP contribution in [0.25, 0.3) is 0 Å². The number of ether oxygens (including phenoxy) is 1. The number of aromatic nitrogens is 2. The lowest BCUT2D eigenvalue weighted by molar-refractivity contribution is -0.134. The molecule has 0 aromatic carbocycles. The second-order valence-corrected chi connectivity index (χ2v) is 5.33. The molecule has 19 heavy (non-hydrogen) atoms. The van der Waals surface area contributed by atoms with Crippen LogP contribution in [-0.2, 0) is 4.79 Å². The van der Waals surface area contributed by atoms with Crippen LogP contribution in [-0.4, -0.2) is 40.0 Å². The zero-order chi connectivity index (χ0) is 13.1. The van der Waals surface area contributed by atoms with Gasteiger partial charge in [-0.1, -0.05) is 12.8 Å². The Labute approximate surface area is 113 Å². The van der Waals surface area contributed by atoms with Crippen LogP contribution >= 0.6 is 0 Å². The van der Waals surface area contributed by atoms with Gasteiger partial charge in [-0.2, -0.15) is 0 Å². The fraction of sp³-hybridized carbons (Fsp3) is 0.643. The van der Waals surface area contributed by atoms with Crippen LogP contribution in [0.5, 0.6) is 6.01 Å². The molecule has 1 aromatic rings. The fourth-order valence-corrected chi connectivity index (χ4v) is 2.95. The first-order valence-corrected chi connectivity index (χ1v) is 7.05. The molecule has 0 unspecified atom stereocenters. The third-order valence-corrected chi connectivity index (χ3v) is 3.98. The summed E-state index contributed by atoms with van der Waals surface area (Å²) >= 11 is 0. The van der Waals surface area contributed by atoms with Crippen molar-refractivity contribution in [3.05, 3.63) is 18.5 Å². The summed E-state index contributed by atoms with van der Waals surface area (Å²) in [5, 5.41) is 0. The summed E-state index contributed by atoms with van der Waals surface area (Å²) in [5.41, 5.74) is 0. The summed E-state index contributed by atoms with van der Waals surface area (Å²) in [4.78, 5) is 22.3. The van der Waals surface area contributed by atoms with Crippen molar-refractivity contribution in [1.29, 1.82) is 0 Å². The molecular weight excluding hydrogens is 242 g/mol. The number of amides is 1. The largest absolute Gasteiger partial charge is 0.458 e. The third kappa shape index (κ3) is 2.85. The molecule has 1 saturated carbocycles. The Bertz CT molecular complexity index is 432. The van der Waals surface area contributed by atoms with Gasteiger partial charge in [0.15, 0.2) is 0 Å². The standard InChI is InChI=1S/C14H19N3O2/c18-13(11-4-1-2-5-11)17-9-6-12(10-17)19-14-15-7-3-8-16-14/h3,7-8,11-12H,1-2,4-6,9-10H2/t12-/m0/s1. The average Bonchev–Trinajstić information content (AvgIpc) is 3.10. The van der Waals surface area contributed by atoms with E-state index in [0.717, 1.165) is 25.8 Å². The summed E-state index contributed by atoms with van der Waals surface area (Å²) in [6.07, 6.45) is 8.75. The first-order chi connectivity index (χ1) is 9.33. The van der Waals surface area contributed by atoms with Crippen molar-refractivity contribution in [2.75, 3.05) is 13.1 Å². The Hall–Kier alpha value is -1.65. The highest BCUT2D eigenvalue weighted by Crippen LogP contribution is 2.28. The van der Waals surface area contributed by atoms with Gasteiger partial charge in [0.2, 0.25) is 5.91 Å². The molecule has 1 aliphatic carbocycles. The number of likely N-dealkylation sites (tertiary alicyclic amines) is 1. The van der Waals surface area contributed by atoms with Crippen molar-refractivity contribution in [2.24, 2.45) is 5.92 Å². The molecule has 2 fully saturated rings. The van der Waals surface area contributed by atoms with Gasteiger partial charge in [-0.15, -0.1) is 0 Å². The van der Waals surface area contributed by atoms with E-state index in [1.165, 1.54) is 12.8 Å². The number of nitrogens with zero attached hydrogens (tertiary/aromatic N) is 3. The highest BCUT2D eigenvalue weighted by molar-refractivity contribution is 5.79. The molecule has 0 radical (unpaired) electrons. The van der Waals surface area contributed by atoms with E-state index < -0.39 is 0 Å². The van der Waals surface area contributed by atoms with Crippen LogP contribution in [0.2, 0.25) is 0 Å². The van der Waals surface area contributed by atoms with Crippen LogP contribution in [0, 0.1) is 5.92 Å². The SMILES string of the molecule is O=C(C1CCCC1)N1CC[C@H](Oc2ncccn2)C1. The van der Waals surface area contributed by atoms with Crippen molar-refractivity contribution < 1.29 is 9.53 Å². The van der Waals surface area contributed by atoms with Crippen molar-refractivity contribution in [3.8, 4) is 6.01 Å². The predicted octanol–water partition coefficient (Wildman–Crippen LogP) is 1.65. The second-order valence-electron chi connectivity index (χ2n) is 5.33. The van der Waals surface area contributed by atoms with Gasteiger partial charge in [0.05, 0.1) is 6.54 Å². The van der Waals surface area contributed by atoms with Gasteiger partial charge < -0.3 is 9.64 Å². The van der Waals surface area contributed by atoms with Crippen molar-refractivity contribution in [3.63, 3.8) is 0 Å². The molecule has 0 spiro atoms. The van der Waals surface area contributed by atoms with Gasteiger partial charge in [-0.3, -0.25) is 4.79 Å². The molecule has 1 amide bonds. The molecule has 1 aliphatic heterocycles. The van der Waals surface area contributed by atoms with Gasteiger partial charge >= 0.3 is 6.01 Å². The third-order valence-electron chi connectivity index (χ3n) is 3.98. The number of carbonyl (C=O) groups excluding carboxylic acids is 1. The topological polar surface area (TPSA) is 55.3 Å². The molecule has 5 nitrogen and oxygen atoms in total. The summed E-state index contributed by atoms with van der Waals surface area (Å²) in [5.74, 6) is 0.573. The number of hydrogen-bond acceptors (Lipinski definition) is 4. The second kappa shape index (κ2) is 5.55. The molecular formula is C14H19N3O2. The van der Waals surface area contributed by atoms with E-state index in [2.05, 4.69) is 9.97 Å². The maximum absolute atomic E-state index is 12.3. The Kier molecular flexibility index (Phi) is 3.62. The quantitative estimate of drug-likeness (QED) is 0.830. The van der Waals surface area contributed by atoms with Crippen molar-refractivity contribution in [2.45, 2.75) is 38.2 Å². The smallest absolute Gasteiger partial charge is 0.316 e. The molecule has 3 rings (SSSR count). The van der Waals surface area contributed by atoms with Crippen molar-refractivity contribution in [1.82, 2.24) is 14.9 Å². The van der Waals surface area contributed by atoms with Crippen LogP contribution in [0.1, 0.15) is 32.1 Å². The Morgan fingerprint density at radius 1 is 1.21 bits per heavy atom. The molecule has 0 N–H and O–H groups in total. The maximum Gasteiger partial charge on any atom is 0.316 e. The Morgan fingerprint density at radius 3 is 2.68 bits per heavy atom. The maximum atomic E-state index is 12.3. The molecule has 2 aliphatic rings. The van der Waals surface area contributed by atoms with Gasteiger partial charge in [0.1, 0.15) is 6.10 Å². The first kappa shape index (κ1) is 12.4. The zero-order valence-corrected chi connectivity index (χ0v) is 11.0. The van der Waals surface area contributed by atoms with Gasteiger partial charge in [-0.25, -0.2) is 9.97 Å². The number of rotatable bonds is 3. The molecule has 1 atom stereocenters. The van der Waals surface area contributed by atoms with E-state index in [9.17, 15) is 4.79 Å². The highest BCUT2D eigenvalue weighted by atomic mass is 16.5. The monoisotopic (exact) mass is 261 g/mol. The lowest BCUT2D eigenvalue weighted by Gasteiger charge is -2.20. The molecule has 2 heterocycles. The van der Waals surface area contributed by atoms with Gasteiger partial charge in [0.25, 0.3) is 0 Å². The Morgan fingerprint density at radius 2 is 1.95 bits per heavy atom. The van der Waals surface area contributed by atoms with Gasteiger partial charge in [-0.05, 0) is 18.9 Å². The normalized spacial score (nSPS) is 23.8. The minimum atomic E-state index is 0.0350. The van der Waals surface area contributed by atoms with Crippen LogP contribution in [0.4, 0.5) is 0 Å². The van der Waals surface area contributed by atoms with Crippen LogP contribution in [0.3, 0.4) is 0 Å². The van der Waals surface area contributed by atoms with E-state index in [4.69, 9.17) is 4.74 Å². The van der Waals surface area contributed by atoms with E-state index >= 15 is 0 Å².